The minimum atomic E-state index is 0.107. The Labute approximate surface area is 121 Å². The summed E-state index contributed by atoms with van der Waals surface area (Å²) >= 11 is 0. The van der Waals surface area contributed by atoms with Crippen LogP contribution < -0.4 is 15.2 Å². The Bertz CT molecular complexity index is 399. The lowest BCUT2D eigenvalue weighted by atomic mass is 10.0. The summed E-state index contributed by atoms with van der Waals surface area (Å²) in [5.74, 6) is 1.58. The van der Waals surface area contributed by atoms with Crippen LogP contribution >= 0.6 is 0 Å². The van der Waals surface area contributed by atoms with E-state index >= 15 is 0 Å². The van der Waals surface area contributed by atoms with Crippen molar-refractivity contribution < 1.29 is 14.2 Å². The van der Waals surface area contributed by atoms with Crippen LogP contribution in [0.15, 0.2) is 18.2 Å². The van der Waals surface area contributed by atoms with Gasteiger partial charge in [-0.25, -0.2) is 0 Å². The van der Waals surface area contributed by atoms with Gasteiger partial charge in [-0.3, -0.25) is 4.90 Å². The SMILES string of the molecule is CCN(CCOC)C(CN)c1ccc(OC)cc1OC. The van der Waals surface area contributed by atoms with E-state index in [-0.39, 0.29) is 6.04 Å². The predicted molar refractivity (Wildman–Crippen MR) is 80.5 cm³/mol. The fourth-order valence-corrected chi connectivity index (χ4v) is 2.31. The van der Waals surface area contributed by atoms with Crippen molar-refractivity contribution in [2.45, 2.75) is 13.0 Å². The summed E-state index contributed by atoms with van der Waals surface area (Å²) in [6.07, 6.45) is 0. The van der Waals surface area contributed by atoms with Crippen LogP contribution in [-0.4, -0.2) is 52.5 Å². The number of benzene rings is 1. The van der Waals surface area contributed by atoms with Crippen molar-refractivity contribution in [3.63, 3.8) is 0 Å². The molecule has 5 heteroatoms. The van der Waals surface area contributed by atoms with Gasteiger partial charge in [-0.15, -0.1) is 0 Å². The van der Waals surface area contributed by atoms with E-state index in [2.05, 4.69) is 11.8 Å². The van der Waals surface area contributed by atoms with E-state index in [1.807, 2.05) is 18.2 Å². The van der Waals surface area contributed by atoms with Crippen LogP contribution in [-0.2, 0) is 4.74 Å². The van der Waals surface area contributed by atoms with Crippen LogP contribution in [0.2, 0.25) is 0 Å². The maximum Gasteiger partial charge on any atom is 0.127 e. The first-order valence-electron chi connectivity index (χ1n) is 6.86. The lowest BCUT2D eigenvalue weighted by Gasteiger charge is -2.31. The third-order valence-electron chi connectivity index (χ3n) is 3.45. The van der Waals surface area contributed by atoms with Crippen LogP contribution in [0.4, 0.5) is 0 Å². The Morgan fingerprint density at radius 1 is 1.20 bits per heavy atom. The summed E-state index contributed by atoms with van der Waals surface area (Å²) in [6, 6.07) is 5.95. The molecule has 0 bridgehead atoms. The smallest absolute Gasteiger partial charge is 0.127 e. The number of nitrogens with two attached hydrogens (primary N) is 1. The van der Waals surface area contributed by atoms with Gasteiger partial charge in [0, 0.05) is 31.8 Å². The minimum Gasteiger partial charge on any atom is -0.497 e. The molecule has 1 aromatic rings. The molecule has 0 aliphatic heterocycles. The number of nitrogens with zero attached hydrogens (tertiary/aromatic N) is 1. The second-order valence-corrected chi connectivity index (χ2v) is 4.48. The summed E-state index contributed by atoms with van der Waals surface area (Å²) < 4.78 is 15.9. The van der Waals surface area contributed by atoms with Gasteiger partial charge in [0.1, 0.15) is 11.5 Å². The van der Waals surface area contributed by atoms with Crippen molar-refractivity contribution in [1.82, 2.24) is 4.90 Å². The topological polar surface area (TPSA) is 57.0 Å². The van der Waals surface area contributed by atoms with Crippen molar-refractivity contribution in [3.8, 4) is 11.5 Å². The van der Waals surface area contributed by atoms with Crippen LogP contribution in [0, 0.1) is 0 Å². The minimum absolute atomic E-state index is 0.107. The molecule has 0 aromatic heterocycles. The van der Waals surface area contributed by atoms with Gasteiger partial charge in [-0.1, -0.05) is 13.0 Å². The molecule has 0 amide bonds. The molecule has 0 spiro atoms. The van der Waals surface area contributed by atoms with E-state index in [0.717, 1.165) is 30.2 Å². The maximum atomic E-state index is 5.98. The Morgan fingerprint density at radius 3 is 2.45 bits per heavy atom. The molecular formula is C15H26N2O3. The number of methoxy groups -OCH3 is 3. The van der Waals surface area contributed by atoms with Crippen molar-refractivity contribution in [3.05, 3.63) is 23.8 Å². The molecule has 2 N–H and O–H groups in total. The first-order valence-corrected chi connectivity index (χ1v) is 6.86. The van der Waals surface area contributed by atoms with Gasteiger partial charge in [-0.05, 0) is 12.6 Å². The lowest BCUT2D eigenvalue weighted by Crippen LogP contribution is -2.36. The summed E-state index contributed by atoms with van der Waals surface area (Å²) in [7, 11) is 5.02. The number of rotatable bonds is 9. The Balaban J connectivity index is 3.03. The largest absolute Gasteiger partial charge is 0.497 e. The van der Waals surface area contributed by atoms with E-state index in [1.54, 1.807) is 21.3 Å². The lowest BCUT2D eigenvalue weighted by molar-refractivity contribution is 0.124. The van der Waals surface area contributed by atoms with Crippen LogP contribution in [0.5, 0.6) is 11.5 Å². The highest BCUT2D eigenvalue weighted by Gasteiger charge is 2.21. The molecular weight excluding hydrogens is 256 g/mol. The monoisotopic (exact) mass is 282 g/mol. The maximum absolute atomic E-state index is 5.98. The van der Waals surface area contributed by atoms with Crippen molar-refractivity contribution in [1.29, 1.82) is 0 Å². The molecule has 0 fully saturated rings. The molecule has 0 heterocycles. The molecule has 0 saturated carbocycles. The summed E-state index contributed by atoms with van der Waals surface area (Å²) in [5, 5.41) is 0. The summed E-state index contributed by atoms with van der Waals surface area (Å²) in [5.41, 5.74) is 7.06. The van der Waals surface area contributed by atoms with Crippen molar-refractivity contribution >= 4 is 0 Å². The third-order valence-corrected chi connectivity index (χ3v) is 3.45. The van der Waals surface area contributed by atoms with E-state index < -0.39 is 0 Å². The van der Waals surface area contributed by atoms with E-state index in [1.165, 1.54) is 0 Å². The van der Waals surface area contributed by atoms with Crippen LogP contribution in [0.3, 0.4) is 0 Å². The highest BCUT2D eigenvalue weighted by molar-refractivity contribution is 5.42. The van der Waals surface area contributed by atoms with Gasteiger partial charge in [0.25, 0.3) is 0 Å². The highest BCUT2D eigenvalue weighted by atomic mass is 16.5. The molecule has 1 rings (SSSR count). The highest BCUT2D eigenvalue weighted by Crippen LogP contribution is 2.32. The Hall–Kier alpha value is -1.30. The second-order valence-electron chi connectivity index (χ2n) is 4.48. The van der Waals surface area contributed by atoms with E-state index in [4.69, 9.17) is 19.9 Å². The molecule has 1 aromatic carbocycles. The van der Waals surface area contributed by atoms with Gasteiger partial charge in [0.15, 0.2) is 0 Å². The summed E-state index contributed by atoms with van der Waals surface area (Å²) in [4.78, 5) is 2.29. The zero-order chi connectivity index (χ0) is 15.0. The second kappa shape index (κ2) is 8.79. The van der Waals surface area contributed by atoms with E-state index in [9.17, 15) is 0 Å². The fourth-order valence-electron chi connectivity index (χ4n) is 2.31. The summed E-state index contributed by atoms with van der Waals surface area (Å²) in [6.45, 7) is 5.07. The first-order chi connectivity index (χ1) is 9.71. The average molecular weight is 282 g/mol. The van der Waals surface area contributed by atoms with Gasteiger partial charge >= 0.3 is 0 Å². The quantitative estimate of drug-likeness (QED) is 0.746. The van der Waals surface area contributed by atoms with Crippen molar-refractivity contribution in [2.24, 2.45) is 5.73 Å². The van der Waals surface area contributed by atoms with Gasteiger partial charge in [-0.2, -0.15) is 0 Å². The Morgan fingerprint density at radius 2 is 1.95 bits per heavy atom. The number of hydrogen-bond donors (Lipinski definition) is 1. The predicted octanol–water partition coefficient (Wildman–Crippen LogP) is 1.67. The van der Waals surface area contributed by atoms with Gasteiger partial charge in [0.2, 0.25) is 0 Å². The van der Waals surface area contributed by atoms with Gasteiger partial charge < -0.3 is 19.9 Å². The molecule has 0 aliphatic rings. The number of hydrogen-bond acceptors (Lipinski definition) is 5. The fraction of sp³-hybridized carbons (Fsp3) is 0.600. The average Bonchev–Trinajstić information content (AvgIpc) is 2.51. The zero-order valence-electron chi connectivity index (χ0n) is 12.9. The standard InChI is InChI=1S/C15H26N2O3/c1-5-17(8-9-18-2)14(11-16)13-7-6-12(19-3)10-15(13)20-4/h6-7,10,14H,5,8-9,11,16H2,1-4H3. The first kappa shape index (κ1) is 16.8. The molecule has 0 aliphatic carbocycles. The molecule has 20 heavy (non-hydrogen) atoms. The van der Waals surface area contributed by atoms with Gasteiger partial charge in [0.05, 0.1) is 26.9 Å². The molecule has 5 nitrogen and oxygen atoms in total. The molecule has 0 radical (unpaired) electrons. The molecule has 1 atom stereocenters. The number of ether oxygens (including phenoxy) is 3. The zero-order valence-corrected chi connectivity index (χ0v) is 12.9. The third kappa shape index (κ3) is 4.10. The Kier molecular flexibility index (Phi) is 7.36. The van der Waals surface area contributed by atoms with Crippen LogP contribution in [0.25, 0.3) is 0 Å². The molecule has 1 unspecified atom stereocenters. The molecule has 0 saturated heterocycles. The van der Waals surface area contributed by atoms with Crippen molar-refractivity contribution in [2.75, 3.05) is 47.6 Å². The molecule has 114 valence electrons. The van der Waals surface area contributed by atoms with Crippen LogP contribution in [0.1, 0.15) is 18.5 Å². The normalized spacial score (nSPS) is 12.5. The number of likely N-dealkylation sites (N-methyl/N-ethyl adjacent to an activating group) is 1. The van der Waals surface area contributed by atoms with E-state index in [0.29, 0.717) is 13.2 Å².